The smallest absolute Gasteiger partial charge is 0.194 e. The topological polar surface area (TPSA) is 12.0 Å². The van der Waals surface area contributed by atoms with Gasteiger partial charge in [0.15, 0.2) is 17.5 Å². The monoisotopic (exact) mass is 229 g/mol. The maximum atomic E-state index is 13.4. The average molecular weight is 229 g/mol. The molecule has 1 unspecified atom stereocenters. The highest BCUT2D eigenvalue weighted by molar-refractivity contribution is 5.26. The van der Waals surface area contributed by atoms with Crippen molar-refractivity contribution in [1.29, 1.82) is 0 Å². The number of nitrogens with one attached hydrogen (secondary N) is 1. The van der Waals surface area contributed by atoms with Crippen LogP contribution in [-0.2, 0) is 0 Å². The van der Waals surface area contributed by atoms with E-state index in [-0.39, 0.29) is 5.56 Å². The summed E-state index contributed by atoms with van der Waals surface area (Å²) in [6, 6.07) is 1.63. The molecule has 88 valence electrons. The molecule has 0 spiro atoms. The molecule has 16 heavy (non-hydrogen) atoms. The van der Waals surface area contributed by atoms with E-state index in [2.05, 4.69) is 11.9 Å². The number of hydrogen-bond donors (Lipinski definition) is 1. The lowest BCUT2D eigenvalue weighted by Crippen LogP contribution is -2.21. The van der Waals surface area contributed by atoms with Gasteiger partial charge in [-0.15, -0.1) is 6.58 Å². The van der Waals surface area contributed by atoms with Crippen molar-refractivity contribution in [1.82, 2.24) is 5.32 Å². The van der Waals surface area contributed by atoms with Crippen molar-refractivity contribution in [3.8, 4) is 0 Å². The Bertz CT molecular complexity index is 377. The molecule has 1 N–H and O–H groups in total. The van der Waals surface area contributed by atoms with Crippen LogP contribution in [0.25, 0.3) is 0 Å². The molecule has 1 aromatic carbocycles. The van der Waals surface area contributed by atoms with Gasteiger partial charge in [-0.3, -0.25) is 0 Å². The van der Waals surface area contributed by atoms with E-state index in [0.717, 1.165) is 12.5 Å². The summed E-state index contributed by atoms with van der Waals surface area (Å²) in [4.78, 5) is 0. The van der Waals surface area contributed by atoms with Crippen LogP contribution >= 0.6 is 0 Å². The zero-order valence-electron chi connectivity index (χ0n) is 9.06. The van der Waals surface area contributed by atoms with E-state index in [9.17, 15) is 13.2 Å². The fourth-order valence-electron chi connectivity index (χ4n) is 1.40. The molecular formula is C12H14F3N. The molecule has 4 heteroatoms. The van der Waals surface area contributed by atoms with E-state index in [1.807, 2.05) is 6.92 Å². The van der Waals surface area contributed by atoms with Crippen LogP contribution in [0.3, 0.4) is 0 Å². The first-order valence-corrected chi connectivity index (χ1v) is 5.11. The van der Waals surface area contributed by atoms with Crippen LogP contribution in [0.2, 0.25) is 0 Å². The van der Waals surface area contributed by atoms with Gasteiger partial charge in [0.1, 0.15) is 0 Å². The van der Waals surface area contributed by atoms with Crippen LogP contribution in [-0.4, -0.2) is 6.54 Å². The van der Waals surface area contributed by atoms with E-state index in [4.69, 9.17) is 0 Å². The minimum Gasteiger partial charge on any atom is -0.307 e. The van der Waals surface area contributed by atoms with Crippen molar-refractivity contribution in [2.24, 2.45) is 0 Å². The minimum atomic E-state index is -1.44. The molecule has 1 nitrogen and oxygen atoms in total. The summed E-state index contributed by atoms with van der Waals surface area (Å²) in [5.74, 6) is -3.78. The highest BCUT2D eigenvalue weighted by Gasteiger charge is 2.18. The second-order valence-electron chi connectivity index (χ2n) is 3.43. The molecule has 0 saturated carbocycles. The van der Waals surface area contributed by atoms with Gasteiger partial charge in [-0.25, -0.2) is 13.2 Å². The molecule has 1 aromatic rings. The quantitative estimate of drug-likeness (QED) is 0.603. The molecule has 0 heterocycles. The van der Waals surface area contributed by atoms with Gasteiger partial charge in [-0.05, 0) is 19.0 Å². The van der Waals surface area contributed by atoms with Crippen LogP contribution in [0.1, 0.15) is 24.9 Å². The predicted octanol–water partition coefficient (Wildman–Crippen LogP) is 3.33. The Morgan fingerprint density at radius 2 is 2.00 bits per heavy atom. The normalized spacial score (nSPS) is 12.5. The second kappa shape index (κ2) is 5.70. The van der Waals surface area contributed by atoms with E-state index in [1.165, 1.54) is 12.1 Å². The Balaban J connectivity index is 3.01. The molecule has 0 bridgehead atoms. The first-order chi connectivity index (χ1) is 7.61. The van der Waals surface area contributed by atoms with E-state index < -0.39 is 23.5 Å². The van der Waals surface area contributed by atoms with Crippen molar-refractivity contribution in [3.63, 3.8) is 0 Å². The molecule has 0 amide bonds. The van der Waals surface area contributed by atoms with E-state index in [1.54, 1.807) is 0 Å². The van der Waals surface area contributed by atoms with Crippen LogP contribution in [0.15, 0.2) is 24.8 Å². The van der Waals surface area contributed by atoms with Gasteiger partial charge in [-0.2, -0.15) is 0 Å². The average Bonchev–Trinajstić information content (AvgIpc) is 2.29. The van der Waals surface area contributed by atoms with E-state index >= 15 is 0 Å². The van der Waals surface area contributed by atoms with Gasteiger partial charge in [0.2, 0.25) is 0 Å². The molecule has 0 aliphatic heterocycles. The van der Waals surface area contributed by atoms with Crippen molar-refractivity contribution in [3.05, 3.63) is 47.8 Å². The Kier molecular flexibility index (Phi) is 4.55. The van der Waals surface area contributed by atoms with Gasteiger partial charge in [0.25, 0.3) is 0 Å². The molecule has 0 fully saturated rings. The van der Waals surface area contributed by atoms with Crippen molar-refractivity contribution >= 4 is 0 Å². The molecule has 0 aromatic heterocycles. The van der Waals surface area contributed by atoms with Crippen LogP contribution in [0, 0.1) is 17.5 Å². The Morgan fingerprint density at radius 3 is 2.56 bits per heavy atom. The summed E-state index contributed by atoms with van der Waals surface area (Å²) in [5.41, 5.74) is 0.0716. The highest BCUT2D eigenvalue weighted by atomic mass is 19.2. The Labute approximate surface area is 93.0 Å². The van der Waals surface area contributed by atoms with E-state index in [0.29, 0.717) is 6.54 Å². The molecule has 0 aliphatic rings. The van der Waals surface area contributed by atoms with Crippen molar-refractivity contribution < 1.29 is 13.2 Å². The third kappa shape index (κ3) is 2.64. The first-order valence-electron chi connectivity index (χ1n) is 5.11. The number of rotatable bonds is 5. The number of hydrogen-bond acceptors (Lipinski definition) is 1. The summed E-state index contributed by atoms with van der Waals surface area (Å²) < 4.78 is 39.1. The van der Waals surface area contributed by atoms with Crippen LogP contribution in [0.5, 0.6) is 0 Å². The summed E-state index contributed by atoms with van der Waals surface area (Å²) >= 11 is 0. The SMILES string of the molecule is C=CC(NCCC)c1ccc(F)c(F)c1F. The largest absolute Gasteiger partial charge is 0.307 e. The number of halogens is 3. The third-order valence-corrected chi connectivity index (χ3v) is 2.25. The summed E-state index contributed by atoms with van der Waals surface area (Å²) in [7, 11) is 0. The third-order valence-electron chi connectivity index (χ3n) is 2.25. The fourth-order valence-corrected chi connectivity index (χ4v) is 1.40. The lowest BCUT2D eigenvalue weighted by atomic mass is 10.1. The Morgan fingerprint density at radius 1 is 1.31 bits per heavy atom. The second-order valence-corrected chi connectivity index (χ2v) is 3.43. The summed E-state index contributed by atoms with van der Waals surface area (Å²) in [6.07, 6.45) is 2.32. The number of benzene rings is 1. The maximum absolute atomic E-state index is 13.4. The molecular weight excluding hydrogens is 215 g/mol. The maximum Gasteiger partial charge on any atom is 0.194 e. The van der Waals surface area contributed by atoms with Crippen LogP contribution in [0.4, 0.5) is 13.2 Å². The standard InChI is InChI=1S/C12H14F3N/c1-3-7-16-10(4-2)8-5-6-9(13)12(15)11(8)14/h4-6,10,16H,2-3,7H2,1H3. The fraction of sp³-hybridized carbons (Fsp3) is 0.333. The van der Waals surface area contributed by atoms with Gasteiger partial charge in [-0.1, -0.05) is 19.1 Å². The van der Waals surface area contributed by atoms with Gasteiger partial charge < -0.3 is 5.32 Å². The van der Waals surface area contributed by atoms with Crippen LogP contribution < -0.4 is 5.32 Å². The predicted molar refractivity (Wildman–Crippen MR) is 57.5 cm³/mol. The molecule has 0 saturated heterocycles. The lowest BCUT2D eigenvalue weighted by Gasteiger charge is -2.15. The molecule has 1 rings (SSSR count). The van der Waals surface area contributed by atoms with Gasteiger partial charge in [0.05, 0.1) is 6.04 Å². The zero-order valence-corrected chi connectivity index (χ0v) is 9.06. The lowest BCUT2D eigenvalue weighted by molar-refractivity contribution is 0.433. The Hall–Kier alpha value is -1.29. The molecule has 0 radical (unpaired) electrons. The minimum absolute atomic E-state index is 0.0716. The van der Waals surface area contributed by atoms with Gasteiger partial charge >= 0.3 is 0 Å². The summed E-state index contributed by atoms with van der Waals surface area (Å²) in [5, 5.41) is 2.98. The first kappa shape index (κ1) is 12.8. The molecule has 0 aliphatic carbocycles. The summed E-state index contributed by atoms with van der Waals surface area (Å²) in [6.45, 7) is 6.14. The zero-order chi connectivity index (χ0) is 12.1. The molecule has 1 atom stereocenters. The van der Waals surface area contributed by atoms with Crippen molar-refractivity contribution in [2.75, 3.05) is 6.54 Å². The highest BCUT2D eigenvalue weighted by Crippen LogP contribution is 2.22. The van der Waals surface area contributed by atoms with Gasteiger partial charge in [0, 0.05) is 5.56 Å². The van der Waals surface area contributed by atoms with Crippen molar-refractivity contribution in [2.45, 2.75) is 19.4 Å².